The molecule has 160 valence electrons. The highest BCUT2D eigenvalue weighted by Crippen LogP contribution is 2.22. The Morgan fingerprint density at radius 1 is 1.12 bits per heavy atom. The number of thioether (sulfide) groups is 1. The predicted molar refractivity (Wildman–Crippen MR) is 122 cm³/mol. The molecule has 0 N–H and O–H groups in total. The molecule has 32 heavy (non-hydrogen) atoms. The molecule has 0 amide bonds. The van der Waals surface area contributed by atoms with Gasteiger partial charge in [-0.3, -0.25) is 9.36 Å². The lowest BCUT2D eigenvalue weighted by molar-refractivity contribution is 0.370. The SMILES string of the molecule is CSc1ccc(-c2noc(Cn3c(=O)n(-c4cccc(F)c4)c(=O)c4sccc43)n2)cc1. The van der Waals surface area contributed by atoms with Crippen molar-refractivity contribution in [3.05, 3.63) is 92.5 Å². The number of hydrogen-bond donors (Lipinski definition) is 0. The molecule has 2 aromatic carbocycles. The minimum atomic E-state index is -0.615. The number of benzene rings is 2. The van der Waals surface area contributed by atoms with Crippen LogP contribution in [0.3, 0.4) is 0 Å². The van der Waals surface area contributed by atoms with Gasteiger partial charge in [0.1, 0.15) is 17.1 Å². The van der Waals surface area contributed by atoms with Crippen molar-refractivity contribution in [1.29, 1.82) is 0 Å². The van der Waals surface area contributed by atoms with Gasteiger partial charge in [0, 0.05) is 10.5 Å². The Hall–Kier alpha value is -3.50. The van der Waals surface area contributed by atoms with E-state index in [0.717, 1.165) is 21.1 Å². The van der Waals surface area contributed by atoms with Crippen LogP contribution in [0.5, 0.6) is 0 Å². The van der Waals surface area contributed by atoms with Crippen molar-refractivity contribution in [2.45, 2.75) is 11.4 Å². The highest BCUT2D eigenvalue weighted by molar-refractivity contribution is 7.98. The molecule has 5 rings (SSSR count). The quantitative estimate of drug-likeness (QED) is 0.362. The monoisotopic (exact) mass is 466 g/mol. The Morgan fingerprint density at radius 3 is 2.69 bits per heavy atom. The van der Waals surface area contributed by atoms with Gasteiger partial charge in [-0.1, -0.05) is 11.2 Å². The van der Waals surface area contributed by atoms with Crippen molar-refractivity contribution >= 4 is 33.3 Å². The first-order chi connectivity index (χ1) is 15.5. The number of rotatable bonds is 5. The first kappa shape index (κ1) is 20.4. The van der Waals surface area contributed by atoms with Crippen molar-refractivity contribution in [3.63, 3.8) is 0 Å². The van der Waals surface area contributed by atoms with Crippen LogP contribution >= 0.6 is 23.1 Å². The highest BCUT2D eigenvalue weighted by atomic mass is 32.2. The Kier molecular flexibility index (Phi) is 5.24. The molecule has 0 fully saturated rings. The van der Waals surface area contributed by atoms with E-state index in [-0.39, 0.29) is 18.1 Å². The van der Waals surface area contributed by atoms with Crippen LogP contribution in [0.1, 0.15) is 5.89 Å². The maximum atomic E-state index is 13.8. The smallest absolute Gasteiger partial charge is 0.336 e. The van der Waals surface area contributed by atoms with Gasteiger partial charge < -0.3 is 4.52 Å². The number of fused-ring (bicyclic) bond motifs is 1. The number of aromatic nitrogens is 4. The Labute approximate surface area is 188 Å². The summed E-state index contributed by atoms with van der Waals surface area (Å²) in [5, 5.41) is 5.75. The average Bonchev–Trinajstić information content (AvgIpc) is 3.47. The van der Waals surface area contributed by atoms with Gasteiger partial charge in [0.2, 0.25) is 11.7 Å². The molecule has 0 aliphatic carbocycles. The minimum Gasteiger partial charge on any atom is -0.337 e. The lowest BCUT2D eigenvalue weighted by atomic mass is 10.2. The summed E-state index contributed by atoms with van der Waals surface area (Å²) in [5.74, 6) is 0.0781. The van der Waals surface area contributed by atoms with E-state index in [4.69, 9.17) is 4.52 Å². The molecule has 0 saturated heterocycles. The molecule has 10 heteroatoms. The van der Waals surface area contributed by atoms with E-state index in [2.05, 4.69) is 10.1 Å². The molecule has 0 aliphatic heterocycles. The van der Waals surface area contributed by atoms with Crippen LogP contribution in [-0.2, 0) is 6.54 Å². The van der Waals surface area contributed by atoms with Gasteiger partial charge in [0.25, 0.3) is 5.56 Å². The normalized spacial score (nSPS) is 11.3. The van der Waals surface area contributed by atoms with E-state index in [1.54, 1.807) is 23.2 Å². The summed E-state index contributed by atoms with van der Waals surface area (Å²) in [7, 11) is 0. The molecule has 0 atom stereocenters. The van der Waals surface area contributed by atoms with Crippen LogP contribution in [0, 0.1) is 5.82 Å². The van der Waals surface area contributed by atoms with E-state index in [1.165, 1.54) is 34.1 Å². The third-order valence-corrected chi connectivity index (χ3v) is 6.57. The van der Waals surface area contributed by atoms with Crippen LogP contribution in [0.2, 0.25) is 0 Å². The Morgan fingerprint density at radius 2 is 1.94 bits per heavy atom. The zero-order valence-electron chi connectivity index (χ0n) is 16.7. The molecular formula is C22H15FN4O3S2. The first-order valence-corrected chi connectivity index (χ1v) is 11.6. The van der Waals surface area contributed by atoms with E-state index in [0.29, 0.717) is 16.0 Å². The van der Waals surface area contributed by atoms with Gasteiger partial charge in [0.05, 0.1) is 11.2 Å². The zero-order valence-corrected chi connectivity index (χ0v) is 18.3. The third-order valence-electron chi connectivity index (χ3n) is 4.93. The molecule has 0 aliphatic rings. The van der Waals surface area contributed by atoms with E-state index >= 15 is 0 Å². The van der Waals surface area contributed by atoms with E-state index in [1.807, 2.05) is 30.5 Å². The zero-order chi connectivity index (χ0) is 22.2. The van der Waals surface area contributed by atoms with Gasteiger partial charge in [-0.2, -0.15) is 4.98 Å². The van der Waals surface area contributed by atoms with Crippen molar-refractivity contribution in [3.8, 4) is 17.1 Å². The fourth-order valence-electron chi connectivity index (χ4n) is 3.39. The van der Waals surface area contributed by atoms with Gasteiger partial charge in [0.15, 0.2) is 0 Å². The summed E-state index contributed by atoms with van der Waals surface area (Å²) in [5.41, 5.74) is 0.291. The lowest BCUT2D eigenvalue weighted by Crippen LogP contribution is -2.38. The van der Waals surface area contributed by atoms with Crippen molar-refractivity contribution in [2.75, 3.05) is 6.26 Å². The lowest BCUT2D eigenvalue weighted by Gasteiger charge is -2.10. The molecule has 3 aromatic heterocycles. The topological polar surface area (TPSA) is 82.9 Å². The van der Waals surface area contributed by atoms with Crippen molar-refractivity contribution < 1.29 is 8.91 Å². The fraction of sp³-hybridized carbons (Fsp3) is 0.0909. The molecule has 0 radical (unpaired) electrons. The minimum absolute atomic E-state index is 0.0302. The second kappa shape index (κ2) is 8.21. The second-order valence-electron chi connectivity index (χ2n) is 6.86. The summed E-state index contributed by atoms with van der Waals surface area (Å²) < 4.78 is 21.9. The largest absolute Gasteiger partial charge is 0.337 e. The number of nitrogens with zero attached hydrogens (tertiary/aromatic N) is 4. The summed E-state index contributed by atoms with van der Waals surface area (Å²) in [6.07, 6.45) is 1.99. The molecule has 0 spiro atoms. The van der Waals surface area contributed by atoms with Crippen molar-refractivity contribution in [1.82, 2.24) is 19.3 Å². The number of hydrogen-bond acceptors (Lipinski definition) is 7. The maximum absolute atomic E-state index is 13.8. The molecule has 0 saturated carbocycles. The second-order valence-corrected chi connectivity index (χ2v) is 8.66. The van der Waals surface area contributed by atoms with Crippen LogP contribution in [0.4, 0.5) is 4.39 Å². The molecular weight excluding hydrogens is 451 g/mol. The third kappa shape index (κ3) is 3.57. The molecule has 0 bridgehead atoms. The summed E-state index contributed by atoms with van der Waals surface area (Å²) in [4.78, 5) is 31.8. The first-order valence-electron chi connectivity index (χ1n) is 9.51. The fourth-order valence-corrected chi connectivity index (χ4v) is 4.63. The average molecular weight is 467 g/mol. The number of thiophene rings is 1. The number of halogens is 1. The van der Waals surface area contributed by atoms with Crippen LogP contribution in [0.15, 0.2) is 79.0 Å². The summed E-state index contributed by atoms with van der Waals surface area (Å²) in [6, 6.07) is 14.8. The standard InChI is InChI=1S/C22H15FN4O3S2/c1-31-16-7-5-13(6-8-16)20-24-18(30-25-20)12-26-17-9-10-32-19(17)21(28)27(22(26)29)15-4-2-3-14(23)11-15/h2-11H,12H2,1H3. The van der Waals surface area contributed by atoms with E-state index in [9.17, 15) is 14.0 Å². The van der Waals surface area contributed by atoms with Crippen LogP contribution in [0.25, 0.3) is 27.3 Å². The van der Waals surface area contributed by atoms with Crippen molar-refractivity contribution in [2.24, 2.45) is 0 Å². The van der Waals surface area contributed by atoms with E-state index < -0.39 is 17.1 Å². The van der Waals surface area contributed by atoms with Gasteiger partial charge in [-0.25, -0.2) is 13.8 Å². The highest BCUT2D eigenvalue weighted by Gasteiger charge is 2.18. The predicted octanol–water partition coefficient (Wildman–Crippen LogP) is 4.17. The molecule has 0 unspecified atom stereocenters. The molecule has 5 aromatic rings. The van der Waals surface area contributed by atoms with Gasteiger partial charge in [-0.05, 0) is 60.2 Å². The Balaban J connectivity index is 1.59. The molecule has 3 heterocycles. The molecule has 7 nitrogen and oxygen atoms in total. The van der Waals surface area contributed by atoms with Gasteiger partial charge >= 0.3 is 5.69 Å². The van der Waals surface area contributed by atoms with Gasteiger partial charge in [-0.15, -0.1) is 23.1 Å². The summed E-state index contributed by atoms with van der Waals surface area (Å²) in [6.45, 7) is -0.0302. The Bertz CT molecular complexity index is 1550. The van der Waals surface area contributed by atoms with Crippen LogP contribution in [-0.4, -0.2) is 25.5 Å². The van der Waals surface area contributed by atoms with Crippen LogP contribution < -0.4 is 11.2 Å². The summed E-state index contributed by atoms with van der Waals surface area (Å²) >= 11 is 2.84. The maximum Gasteiger partial charge on any atom is 0.336 e.